The van der Waals surface area contributed by atoms with Crippen LogP contribution in [-0.4, -0.2) is 65.5 Å². The van der Waals surface area contributed by atoms with Gasteiger partial charge in [0.2, 0.25) is 15.9 Å². The highest BCUT2D eigenvalue weighted by molar-refractivity contribution is 7.89. The van der Waals surface area contributed by atoms with Crippen LogP contribution in [0, 0.1) is 0 Å². The van der Waals surface area contributed by atoms with E-state index in [4.69, 9.17) is 4.74 Å². The number of carbonyl (C=O) groups excluding carboxylic acids is 2. The minimum atomic E-state index is -3.79. The lowest BCUT2D eigenvalue weighted by atomic mass is 10.2. The average Bonchev–Trinajstić information content (AvgIpc) is 3.32. The molecule has 0 aliphatic carbocycles. The zero-order valence-electron chi connectivity index (χ0n) is 18.1. The molecule has 1 amide bonds. The number of amides is 1. The van der Waals surface area contributed by atoms with Crippen molar-refractivity contribution in [3.8, 4) is 5.69 Å². The third-order valence-electron chi connectivity index (χ3n) is 5.41. The van der Waals surface area contributed by atoms with Crippen LogP contribution in [0.15, 0.2) is 71.8 Å². The lowest BCUT2D eigenvalue weighted by Gasteiger charge is -2.33. The van der Waals surface area contributed by atoms with E-state index < -0.39 is 16.0 Å². The number of hydrogen-bond acceptors (Lipinski definition) is 6. The van der Waals surface area contributed by atoms with E-state index in [-0.39, 0.29) is 36.1 Å². The molecule has 1 aliphatic heterocycles. The van der Waals surface area contributed by atoms with Gasteiger partial charge in [-0.05, 0) is 36.4 Å². The van der Waals surface area contributed by atoms with Gasteiger partial charge in [-0.2, -0.15) is 9.40 Å². The Balaban J connectivity index is 1.41. The van der Waals surface area contributed by atoms with Crippen molar-refractivity contribution in [2.24, 2.45) is 0 Å². The molecule has 0 unspecified atom stereocenters. The summed E-state index contributed by atoms with van der Waals surface area (Å²) >= 11 is 0. The van der Waals surface area contributed by atoms with Crippen LogP contribution in [0.25, 0.3) is 5.69 Å². The molecule has 1 aromatic heterocycles. The van der Waals surface area contributed by atoms with Crippen LogP contribution in [0.5, 0.6) is 0 Å². The number of piperazine rings is 1. The van der Waals surface area contributed by atoms with Crippen LogP contribution in [-0.2, 0) is 26.2 Å². The number of carbonyl (C=O) groups is 2. The van der Waals surface area contributed by atoms with Gasteiger partial charge in [0.05, 0.1) is 16.1 Å². The van der Waals surface area contributed by atoms with Crippen molar-refractivity contribution in [2.75, 3.05) is 26.2 Å². The minimum absolute atomic E-state index is 0.0154. The van der Waals surface area contributed by atoms with Crippen LogP contribution in [0.4, 0.5) is 0 Å². The number of sulfonamides is 1. The summed E-state index contributed by atoms with van der Waals surface area (Å²) in [6.07, 6.45) is 1.78. The molecule has 33 heavy (non-hydrogen) atoms. The van der Waals surface area contributed by atoms with Gasteiger partial charge < -0.3 is 9.64 Å². The number of ether oxygens (including phenoxy) is 1. The van der Waals surface area contributed by atoms with Crippen molar-refractivity contribution in [2.45, 2.75) is 18.4 Å². The summed E-state index contributed by atoms with van der Waals surface area (Å²) in [6, 6.07) is 17.1. The number of esters is 1. The van der Waals surface area contributed by atoms with Gasteiger partial charge in [0, 0.05) is 39.3 Å². The second-order valence-corrected chi connectivity index (χ2v) is 9.54. The molecule has 4 rings (SSSR count). The maximum atomic E-state index is 13.0. The van der Waals surface area contributed by atoms with Crippen LogP contribution < -0.4 is 0 Å². The van der Waals surface area contributed by atoms with Gasteiger partial charge in [-0.1, -0.05) is 24.3 Å². The van der Waals surface area contributed by atoms with Crippen molar-refractivity contribution < 1.29 is 22.7 Å². The highest BCUT2D eigenvalue weighted by Crippen LogP contribution is 2.20. The molecule has 1 saturated heterocycles. The normalized spacial score (nSPS) is 14.8. The van der Waals surface area contributed by atoms with Crippen LogP contribution in [0.1, 0.15) is 23.0 Å². The number of aromatic nitrogens is 2. The van der Waals surface area contributed by atoms with Crippen molar-refractivity contribution in [3.63, 3.8) is 0 Å². The predicted molar refractivity (Wildman–Crippen MR) is 120 cm³/mol. The Labute approximate surface area is 192 Å². The fourth-order valence-corrected chi connectivity index (χ4v) is 5.03. The van der Waals surface area contributed by atoms with Gasteiger partial charge in [0.1, 0.15) is 12.3 Å². The molecule has 1 fully saturated rings. The summed E-state index contributed by atoms with van der Waals surface area (Å²) in [7, 11) is -3.79. The maximum Gasteiger partial charge on any atom is 0.338 e. The monoisotopic (exact) mass is 468 g/mol. The van der Waals surface area contributed by atoms with E-state index >= 15 is 0 Å². The van der Waals surface area contributed by atoms with Gasteiger partial charge in [-0.3, -0.25) is 4.79 Å². The Morgan fingerprint density at radius 2 is 1.70 bits per heavy atom. The summed E-state index contributed by atoms with van der Waals surface area (Å²) in [5.74, 6) is -0.715. The predicted octanol–water partition coefficient (Wildman–Crippen LogP) is 2.08. The quantitative estimate of drug-likeness (QED) is 0.514. The van der Waals surface area contributed by atoms with E-state index in [1.54, 1.807) is 21.8 Å². The minimum Gasteiger partial charge on any atom is -0.456 e. The molecule has 10 heteroatoms. The number of rotatable bonds is 6. The molecule has 0 bridgehead atoms. The molecular formula is C23H24N4O5S. The average molecular weight is 469 g/mol. The summed E-state index contributed by atoms with van der Waals surface area (Å²) < 4.78 is 34.4. The van der Waals surface area contributed by atoms with Gasteiger partial charge in [-0.15, -0.1) is 0 Å². The van der Waals surface area contributed by atoms with Crippen molar-refractivity contribution >= 4 is 21.9 Å². The Bertz CT molecular complexity index is 1250. The summed E-state index contributed by atoms with van der Waals surface area (Å²) in [6.45, 7) is 2.52. The van der Waals surface area contributed by atoms with Gasteiger partial charge in [0.15, 0.2) is 0 Å². The lowest BCUT2D eigenvalue weighted by molar-refractivity contribution is -0.129. The van der Waals surface area contributed by atoms with Crippen LogP contribution >= 0.6 is 0 Å². The van der Waals surface area contributed by atoms with E-state index in [2.05, 4.69) is 5.10 Å². The highest BCUT2D eigenvalue weighted by atomic mass is 32.2. The maximum absolute atomic E-state index is 13.0. The van der Waals surface area contributed by atoms with E-state index in [0.717, 1.165) is 5.69 Å². The second kappa shape index (κ2) is 9.55. The molecule has 0 spiro atoms. The SMILES string of the molecule is CC(=O)N1CCN(S(=O)(=O)c2cccc(C(=O)OCc3ccn(-c4ccccc4)n3)c2)CC1. The van der Waals surface area contributed by atoms with Gasteiger partial charge >= 0.3 is 5.97 Å². The summed E-state index contributed by atoms with van der Waals surface area (Å²) in [4.78, 5) is 25.7. The third kappa shape index (κ3) is 5.12. The van der Waals surface area contributed by atoms with E-state index in [1.165, 1.54) is 35.5 Å². The molecule has 0 radical (unpaired) electrons. The zero-order chi connectivity index (χ0) is 23.4. The molecule has 172 valence electrons. The molecule has 0 N–H and O–H groups in total. The number of benzene rings is 2. The van der Waals surface area contributed by atoms with E-state index in [9.17, 15) is 18.0 Å². The fourth-order valence-electron chi connectivity index (χ4n) is 3.56. The smallest absolute Gasteiger partial charge is 0.338 e. The first-order valence-electron chi connectivity index (χ1n) is 10.5. The summed E-state index contributed by atoms with van der Waals surface area (Å²) in [5.41, 5.74) is 1.59. The lowest BCUT2D eigenvalue weighted by Crippen LogP contribution is -2.49. The molecule has 1 aliphatic rings. The standard InChI is InChI=1S/C23H24N4O5S/c1-18(28)25-12-14-26(15-13-25)33(30,31)22-9-5-6-19(16-22)23(29)32-17-20-10-11-27(24-20)21-7-3-2-4-8-21/h2-11,16H,12-15,17H2,1H3. The second-order valence-electron chi connectivity index (χ2n) is 7.60. The van der Waals surface area contributed by atoms with Crippen LogP contribution in [0.2, 0.25) is 0 Å². The summed E-state index contributed by atoms with van der Waals surface area (Å²) in [5, 5.41) is 4.39. The van der Waals surface area contributed by atoms with Crippen LogP contribution in [0.3, 0.4) is 0 Å². The topological polar surface area (TPSA) is 102 Å². The van der Waals surface area contributed by atoms with Gasteiger partial charge in [-0.25, -0.2) is 17.9 Å². The van der Waals surface area contributed by atoms with Crippen molar-refractivity contribution in [1.82, 2.24) is 19.0 Å². The first kappa shape index (κ1) is 22.7. The van der Waals surface area contributed by atoms with Crippen molar-refractivity contribution in [1.29, 1.82) is 0 Å². The largest absolute Gasteiger partial charge is 0.456 e. The molecular weight excluding hydrogens is 444 g/mol. The molecule has 9 nitrogen and oxygen atoms in total. The molecule has 0 saturated carbocycles. The van der Waals surface area contributed by atoms with E-state index in [1.807, 2.05) is 30.3 Å². The number of nitrogens with zero attached hydrogens (tertiary/aromatic N) is 4. The molecule has 2 aromatic carbocycles. The first-order chi connectivity index (χ1) is 15.8. The first-order valence-corrected chi connectivity index (χ1v) is 11.9. The highest BCUT2D eigenvalue weighted by Gasteiger charge is 2.29. The Morgan fingerprint density at radius 3 is 2.39 bits per heavy atom. The zero-order valence-corrected chi connectivity index (χ0v) is 18.9. The van der Waals surface area contributed by atoms with E-state index in [0.29, 0.717) is 18.8 Å². The number of hydrogen-bond donors (Lipinski definition) is 0. The Hall–Kier alpha value is -3.50. The van der Waals surface area contributed by atoms with Crippen molar-refractivity contribution in [3.05, 3.63) is 78.1 Å². The molecule has 0 atom stereocenters. The Morgan fingerprint density at radius 1 is 0.970 bits per heavy atom. The third-order valence-corrected chi connectivity index (χ3v) is 7.30. The Kier molecular flexibility index (Phi) is 6.57. The van der Waals surface area contributed by atoms with Gasteiger partial charge in [0.25, 0.3) is 0 Å². The number of para-hydroxylation sites is 1. The fraction of sp³-hybridized carbons (Fsp3) is 0.261. The molecule has 3 aromatic rings. The molecule has 2 heterocycles.